The molecule has 2 heterocycles. The first-order chi connectivity index (χ1) is 12.0. The van der Waals surface area contributed by atoms with E-state index >= 15 is 0 Å². The lowest BCUT2D eigenvalue weighted by molar-refractivity contribution is -0.117. The van der Waals surface area contributed by atoms with Crippen molar-refractivity contribution in [3.63, 3.8) is 0 Å². The average Bonchev–Trinajstić information content (AvgIpc) is 2.98. The molecule has 1 aliphatic heterocycles. The largest absolute Gasteiger partial charge is 0.485 e. The second-order valence-electron chi connectivity index (χ2n) is 6.32. The van der Waals surface area contributed by atoms with Crippen LogP contribution in [0.5, 0.6) is 5.75 Å². The van der Waals surface area contributed by atoms with E-state index in [1.54, 1.807) is 6.07 Å². The van der Waals surface area contributed by atoms with Crippen LogP contribution in [0.25, 0.3) is 0 Å². The fraction of sp³-hybridized carbons (Fsp3) is 0.444. The molecule has 1 aliphatic rings. The molecule has 1 atom stereocenters. The molecule has 0 radical (unpaired) electrons. The van der Waals surface area contributed by atoms with Crippen LogP contribution < -0.4 is 15.0 Å². The number of amides is 1. The standard InChI is InChI=1S/C18H24N4O3/c1-4-22-11-14(24-16-8-6-5-7-15(16)22)10-21(3)12-17(23)19-18-9-13(2)20-25-18/h5-9,14H,4,10-12H2,1-3H3,(H,19,23). The third kappa shape index (κ3) is 4.30. The van der Waals surface area contributed by atoms with Crippen molar-refractivity contribution in [2.45, 2.75) is 20.0 Å². The number of benzene rings is 1. The highest BCUT2D eigenvalue weighted by atomic mass is 16.5. The van der Waals surface area contributed by atoms with E-state index in [4.69, 9.17) is 9.26 Å². The number of fused-ring (bicyclic) bond motifs is 1. The minimum absolute atomic E-state index is 0.0140. The van der Waals surface area contributed by atoms with Crippen molar-refractivity contribution in [3.8, 4) is 5.75 Å². The Morgan fingerprint density at radius 2 is 2.24 bits per heavy atom. The SMILES string of the molecule is CCN1CC(CN(C)CC(=O)Nc2cc(C)no2)Oc2ccccc21. The number of rotatable bonds is 6. The molecule has 0 fully saturated rings. The van der Waals surface area contributed by atoms with Gasteiger partial charge in [0.2, 0.25) is 11.8 Å². The molecular formula is C18H24N4O3. The Balaban J connectivity index is 1.54. The molecule has 0 aliphatic carbocycles. The van der Waals surface area contributed by atoms with Crippen LogP contribution in [-0.4, -0.2) is 55.3 Å². The first kappa shape index (κ1) is 17.3. The summed E-state index contributed by atoms with van der Waals surface area (Å²) in [7, 11) is 1.91. The lowest BCUT2D eigenvalue weighted by atomic mass is 10.2. The highest BCUT2D eigenvalue weighted by Gasteiger charge is 2.25. The van der Waals surface area contributed by atoms with Crippen molar-refractivity contribution in [1.29, 1.82) is 0 Å². The lowest BCUT2D eigenvalue weighted by Gasteiger charge is -2.37. The van der Waals surface area contributed by atoms with E-state index in [9.17, 15) is 4.79 Å². The zero-order valence-corrected chi connectivity index (χ0v) is 14.9. The Bertz CT molecular complexity index is 731. The van der Waals surface area contributed by atoms with Gasteiger partial charge in [0.15, 0.2) is 0 Å². The van der Waals surface area contributed by atoms with E-state index in [2.05, 4.69) is 28.4 Å². The van der Waals surface area contributed by atoms with Crippen LogP contribution >= 0.6 is 0 Å². The summed E-state index contributed by atoms with van der Waals surface area (Å²) in [6.07, 6.45) is 0.0140. The van der Waals surface area contributed by atoms with Gasteiger partial charge in [-0.25, -0.2) is 0 Å². The summed E-state index contributed by atoms with van der Waals surface area (Å²) in [5.41, 5.74) is 1.86. The van der Waals surface area contributed by atoms with Crippen molar-refractivity contribution in [3.05, 3.63) is 36.0 Å². The zero-order valence-electron chi connectivity index (χ0n) is 14.9. The predicted molar refractivity (Wildman–Crippen MR) is 96.1 cm³/mol. The average molecular weight is 344 g/mol. The number of carbonyl (C=O) groups excluding carboxylic acids is 1. The Morgan fingerprint density at radius 3 is 2.96 bits per heavy atom. The summed E-state index contributed by atoms with van der Waals surface area (Å²) in [5.74, 6) is 1.13. The maximum Gasteiger partial charge on any atom is 0.240 e. The predicted octanol–water partition coefficient (Wildman–Crippen LogP) is 2.14. The molecule has 7 nitrogen and oxygen atoms in total. The Kier molecular flexibility index (Phi) is 5.23. The van der Waals surface area contributed by atoms with Gasteiger partial charge in [0.25, 0.3) is 0 Å². The molecule has 2 aromatic rings. The van der Waals surface area contributed by atoms with E-state index in [0.29, 0.717) is 12.4 Å². The maximum absolute atomic E-state index is 12.1. The fourth-order valence-corrected chi connectivity index (χ4v) is 3.03. The summed E-state index contributed by atoms with van der Waals surface area (Å²) < 4.78 is 11.1. The Labute approximate surface area is 147 Å². The lowest BCUT2D eigenvalue weighted by Crippen LogP contribution is -2.46. The molecular weight excluding hydrogens is 320 g/mol. The zero-order chi connectivity index (χ0) is 17.8. The summed E-state index contributed by atoms with van der Waals surface area (Å²) in [6, 6.07) is 9.76. The van der Waals surface area contributed by atoms with Gasteiger partial charge in [0.05, 0.1) is 24.5 Å². The third-order valence-corrected chi connectivity index (χ3v) is 4.12. The molecule has 0 bridgehead atoms. The second-order valence-corrected chi connectivity index (χ2v) is 6.32. The van der Waals surface area contributed by atoms with Crippen molar-refractivity contribution in [2.24, 2.45) is 0 Å². The van der Waals surface area contributed by atoms with Crippen molar-refractivity contribution < 1.29 is 14.1 Å². The van der Waals surface area contributed by atoms with E-state index < -0.39 is 0 Å². The number of ether oxygens (including phenoxy) is 1. The topological polar surface area (TPSA) is 70.8 Å². The molecule has 1 amide bonds. The number of para-hydroxylation sites is 2. The van der Waals surface area contributed by atoms with Crippen LogP contribution in [0.3, 0.4) is 0 Å². The van der Waals surface area contributed by atoms with Gasteiger partial charge >= 0.3 is 0 Å². The van der Waals surface area contributed by atoms with Gasteiger partial charge in [-0.1, -0.05) is 17.3 Å². The molecule has 1 N–H and O–H groups in total. The number of anilines is 2. The first-order valence-electron chi connectivity index (χ1n) is 8.47. The molecule has 0 spiro atoms. The fourth-order valence-electron chi connectivity index (χ4n) is 3.03. The number of aromatic nitrogens is 1. The minimum atomic E-state index is -0.137. The van der Waals surface area contributed by atoms with Crippen molar-refractivity contribution in [1.82, 2.24) is 10.1 Å². The van der Waals surface area contributed by atoms with Crippen molar-refractivity contribution >= 4 is 17.5 Å². The van der Waals surface area contributed by atoms with Gasteiger partial charge in [-0.05, 0) is 33.0 Å². The molecule has 25 heavy (non-hydrogen) atoms. The molecule has 1 aromatic heterocycles. The summed E-state index contributed by atoms with van der Waals surface area (Å²) in [4.78, 5) is 16.4. The normalized spacial score (nSPS) is 16.5. The van der Waals surface area contributed by atoms with Crippen LogP contribution in [0.4, 0.5) is 11.6 Å². The monoisotopic (exact) mass is 344 g/mol. The summed E-state index contributed by atoms with van der Waals surface area (Å²) in [6.45, 7) is 6.59. The molecule has 7 heteroatoms. The highest BCUT2D eigenvalue weighted by Crippen LogP contribution is 2.32. The summed E-state index contributed by atoms with van der Waals surface area (Å²) >= 11 is 0. The first-order valence-corrected chi connectivity index (χ1v) is 8.47. The van der Waals surface area contributed by atoms with E-state index in [-0.39, 0.29) is 18.6 Å². The number of nitrogens with one attached hydrogen (secondary N) is 1. The molecule has 1 aromatic carbocycles. The van der Waals surface area contributed by atoms with E-state index in [0.717, 1.165) is 30.2 Å². The van der Waals surface area contributed by atoms with E-state index in [1.165, 1.54) is 0 Å². The van der Waals surface area contributed by atoms with Gasteiger partial charge in [-0.15, -0.1) is 0 Å². The number of aryl methyl sites for hydroxylation is 1. The third-order valence-electron chi connectivity index (χ3n) is 4.12. The Hall–Kier alpha value is -2.54. The number of hydrogen-bond acceptors (Lipinski definition) is 6. The quantitative estimate of drug-likeness (QED) is 0.866. The van der Waals surface area contributed by atoms with Crippen LogP contribution in [-0.2, 0) is 4.79 Å². The minimum Gasteiger partial charge on any atom is -0.485 e. The molecule has 134 valence electrons. The van der Waals surface area contributed by atoms with Gasteiger partial charge in [0.1, 0.15) is 11.9 Å². The number of likely N-dealkylation sites (N-methyl/N-ethyl adjacent to an activating group) is 2. The van der Waals surface area contributed by atoms with Crippen molar-refractivity contribution in [2.75, 3.05) is 43.4 Å². The van der Waals surface area contributed by atoms with Crippen LogP contribution in [0.1, 0.15) is 12.6 Å². The van der Waals surface area contributed by atoms with Gasteiger partial charge < -0.3 is 14.2 Å². The smallest absolute Gasteiger partial charge is 0.240 e. The maximum atomic E-state index is 12.1. The summed E-state index contributed by atoms with van der Waals surface area (Å²) in [5, 5.41) is 6.46. The van der Waals surface area contributed by atoms with Crippen LogP contribution in [0.2, 0.25) is 0 Å². The second kappa shape index (κ2) is 7.57. The van der Waals surface area contributed by atoms with Gasteiger partial charge in [-0.2, -0.15) is 0 Å². The number of hydrogen-bond donors (Lipinski definition) is 1. The van der Waals surface area contributed by atoms with Gasteiger partial charge in [-0.3, -0.25) is 15.0 Å². The molecule has 1 unspecified atom stereocenters. The highest BCUT2D eigenvalue weighted by molar-refractivity contribution is 5.90. The van der Waals surface area contributed by atoms with E-state index in [1.807, 2.05) is 37.1 Å². The molecule has 0 saturated heterocycles. The van der Waals surface area contributed by atoms with Crippen LogP contribution in [0, 0.1) is 6.92 Å². The molecule has 3 rings (SSSR count). The Morgan fingerprint density at radius 1 is 1.44 bits per heavy atom. The van der Waals surface area contributed by atoms with Gasteiger partial charge in [0, 0.05) is 19.2 Å². The number of carbonyl (C=O) groups is 1. The molecule has 0 saturated carbocycles. The van der Waals surface area contributed by atoms with Crippen LogP contribution in [0.15, 0.2) is 34.9 Å². The number of nitrogens with zero attached hydrogens (tertiary/aromatic N) is 3.